The lowest BCUT2D eigenvalue weighted by molar-refractivity contribution is 0.0995. The summed E-state index contributed by atoms with van der Waals surface area (Å²) in [4.78, 5) is 40.1. The number of carbonyl (C=O) groups is 3. The number of amides is 2. The Morgan fingerprint density at radius 2 is 1.89 bits per heavy atom. The third-order valence-corrected chi connectivity index (χ3v) is 6.41. The van der Waals surface area contributed by atoms with Gasteiger partial charge in [-0.15, -0.1) is 11.3 Å². The van der Waals surface area contributed by atoms with Crippen molar-refractivity contribution in [1.29, 1.82) is 0 Å². The number of hydrogen-bond acceptors (Lipinski definition) is 9. The largest absolute Gasteiger partial charge is 0.513 e. The minimum Gasteiger partial charge on any atom is -0.489 e. The number of ether oxygens (including phenoxy) is 3. The van der Waals surface area contributed by atoms with E-state index >= 15 is 0 Å². The van der Waals surface area contributed by atoms with Crippen molar-refractivity contribution < 1.29 is 28.6 Å². The number of benzene rings is 2. The quantitative estimate of drug-likeness (QED) is 0.283. The second-order valence-corrected chi connectivity index (χ2v) is 8.81. The molecule has 4 aromatic rings. The Labute approximate surface area is 216 Å². The SMILES string of the molecule is CCOC(=O)Oc1cnc(N)c2c(COc3cc(C(=O)Nc4cccc(C(N)=O)c4)ccc3C)csc12. The van der Waals surface area contributed by atoms with Crippen molar-refractivity contribution in [3.63, 3.8) is 0 Å². The molecule has 2 aromatic heterocycles. The van der Waals surface area contributed by atoms with Crippen LogP contribution in [0.1, 0.15) is 38.8 Å². The Balaban J connectivity index is 1.52. The number of aryl methyl sites for hydroxylation is 1. The van der Waals surface area contributed by atoms with E-state index in [2.05, 4.69) is 10.3 Å². The van der Waals surface area contributed by atoms with Gasteiger partial charge in [-0.3, -0.25) is 9.59 Å². The first kappa shape index (κ1) is 25.5. The summed E-state index contributed by atoms with van der Waals surface area (Å²) in [6, 6.07) is 11.5. The third kappa shape index (κ3) is 5.78. The highest BCUT2D eigenvalue weighted by atomic mass is 32.1. The molecule has 2 aromatic carbocycles. The number of fused-ring (bicyclic) bond motifs is 1. The fourth-order valence-electron chi connectivity index (χ4n) is 3.53. The molecular weight excluding hydrogens is 496 g/mol. The van der Waals surface area contributed by atoms with Gasteiger partial charge in [0, 0.05) is 27.8 Å². The topological polar surface area (TPSA) is 156 Å². The summed E-state index contributed by atoms with van der Waals surface area (Å²) in [6.07, 6.45) is 0.551. The maximum Gasteiger partial charge on any atom is 0.513 e. The number of nitrogen functional groups attached to an aromatic ring is 1. The van der Waals surface area contributed by atoms with Crippen LogP contribution in [-0.4, -0.2) is 29.6 Å². The summed E-state index contributed by atoms with van der Waals surface area (Å²) in [5, 5.41) is 5.22. The van der Waals surface area contributed by atoms with Gasteiger partial charge >= 0.3 is 6.16 Å². The first-order valence-electron chi connectivity index (χ1n) is 11.2. The molecule has 0 aliphatic heterocycles. The Morgan fingerprint density at radius 3 is 2.65 bits per heavy atom. The molecule has 0 spiro atoms. The highest BCUT2D eigenvalue weighted by Gasteiger charge is 2.18. The lowest BCUT2D eigenvalue weighted by atomic mass is 10.1. The van der Waals surface area contributed by atoms with Gasteiger partial charge in [-0.2, -0.15) is 0 Å². The van der Waals surface area contributed by atoms with Crippen molar-refractivity contribution in [2.75, 3.05) is 17.7 Å². The number of nitrogens with zero attached hydrogens (tertiary/aromatic N) is 1. The van der Waals surface area contributed by atoms with Gasteiger partial charge in [-0.05, 0) is 55.1 Å². The smallest absolute Gasteiger partial charge is 0.489 e. The minimum atomic E-state index is -0.825. The predicted octanol–water partition coefficient (Wildman–Crippen LogP) is 4.65. The summed E-state index contributed by atoms with van der Waals surface area (Å²) >= 11 is 1.34. The number of pyridine rings is 1. The number of primary amides is 1. The zero-order chi connectivity index (χ0) is 26.5. The fraction of sp³-hybridized carbons (Fsp3) is 0.154. The van der Waals surface area contributed by atoms with E-state index in [0.29, 0.717) is 32.6 Å². The molecule has 0 radical (unpaired) electrons. The van der Waals surface area contributed by atoms with E-state index in [1.54, 1.807) is 43.3 Å². The van der Waals surface area contributed by atoms with Gasteiger partial charge in [0.05, 0.1) is 17.5 Å². The third-order valence-electron chi connectivity index (χ3n) is 5.36. The molecule has 10 nitrogen and oxygen atoms in total. The van der Waals surface area contributed by atoms with Crippen molar-refractivity contribution in [2.24, 2.45) is 5.73 Å². The lowest BCUT2D eigenvalue weighted by Gasteiger charge is -2.12. The molecule has 0 saturated carbocycles. The molecule has 5 N–H and O–H groups in total. The van der Waals surface area contributed by atoms with Gasteiger partial charge in [0.2, 0.25) is 5.91 Å². The molecule has 2 amide bonds. The van der Waals surface area contributed by atoms with Crippen LogP contribution in [0.2, 0.25) is 0 Å². The summed E-state index contributed by atoms with van der Waals surface area (Å²) in [6.45, 7) is 3.87. The van der Waals surface area contributed by atoms with Crippen molar-refractivity contribution in [2.45, 2.75) is 20.5 Å². The standard InChI is InChI=1S/C26H24N4O6S/c1-3-34-26(33)36-20-11-29-23(27)21-17(13-37-22(20)21)12-35-19-10-16(8-7-14(19)2)25(32)30-18-6-4-5-15(9-18)24(28)31/h4-11,13H,3,12H2,1-2H3,(H2,27,29)(H2,28,31)(H,30,32). The molecule has 2 heterocycles. The van der Waals surface area contributed by atoms with Gasteiger partial charge in [0.25, 0.3) is 5.91 Å². The molecule has 0 saturated heterocycles. The fourth-order valence-corrected chi connectivity index (χ4v) is 4.54. The Bertz CT molecular complexity index is 1500. The summed E-state index contributed by atoms with van der Waals surface area (Å²) in [5.74, 6) is 0.0618. The van der Waals surface area contributed by atoms with E-state index in [1.165, 1.54) is 23.6 Å². The summed E-state index contributed by atoms with van der Waals surface area (Å²) < 4.78 is 16.8. The molecule has 0 atom stereocenters. The Morgan fingerprint density at radius 1 is 1.08 bits per heavy atom. The van der Waals surface area contributed by atoms with Gasteiger partial charge in [-0.1, -0.05) is 12.1 Å². The summed E-state index contributed by atoms with van der Waals surface area (Å²) in [5.41, 5.74) is 14.1. The van der Waals surface area contributed by atoms with Gasteiger partial charge in [0.1, 0.15) is 18.2 Å². The maximum absolute atomic E-state index is 12.8. The molecule has 11 heteroatoms. The number of thiophene rings is 1. The van der Waals surface area contributed by atoms with Crippen LogP contribution in [0.15, 0.2) is 54.0 Å². The maximum atomic E-state index is 12.8. The van der Waals surface area contributed by atoms with Gasteiger partial charge in [0.15, 0.2) is 5.75 Å². The number of nitrogens with one attached hydrogen (secondary N) is 1. The van der Waals surface area contributed by atoms with Crippen LogP contribution in [0.25, 0.3) is 10.1 Å². The first-order chi connectivity index (χ1) is 17.8. The molecule has 4 rings (SSSR count). The second kappa shape index (κ2) is 11.0. The molecular formula is C26H24N4O6S. The summed E-state index contributed by atoms with van der Waals surface area (Å²) in [7, 11) is 0. The van der Waals surface area contributed by atoms with Crippen LogP contribution in [0, 0.1) is 6.92 Å². The van der Waals surface area contributed by atoms with Crippen LogP contribution in [0.4, 0.5) is 16.3 Å². The zero-order valence-electron chi connectivity index (χ0n) is 20.1. The Hall–Kier alpha value is -4.64. The van der Waals surface area contributed by atoms with Crippen molar-refractivity contribution in [1.82, 2.24) is 4.98 Å². The number of carbonyl (C=O) groups excluding carboxylic acids is 3. The van der Waals surface area contributed by atoms with Crippen molar-refractivity contribution >= 4 is 50.9 Å². The highest BCUT2D eigenvalue weighted by molar-refractivity contribution is 7.17. The van der Waals surface area contributed by atoms with Gasteiger partial charge in [-0.25, -0.2) is 9.78 Å². The van der Waals surface area contributed by atoms with E-state index in [9.17, 15) is 14.4 Å². The highest BCUT2D eigenvalue weighted by Crippen LogP contribution is 2.37. The van der Waals surface area contributed by atoms with E-state index in [4.69, 9.17) is 25.7 Å². The number of hydrogen-bond donors (Lipinski definition) is 3. The minimum absolute atomic E-state index is 0.140. The van der Waals surface area contributed by atoms with E-state index < -0.39 is 12.1 Å². The van der Waals surface area contributed by atoms with Crippen molar-refractivity contribution in [3.8, 4) is 11.5 Å². The van der Waals surface area contributed by atoms with Crippen molar-refractivity contribution in [3.05, 3.63) is 76.3 Å². The van der Waals surface area contributed by atoms with E-state index in [1.807, 2.05) is 12.3 Å². The Kier molecular flexibility index (Phi) is 7.54. The second-order valence-electron chi connectivity index (χ2n) is 7.93. The van der Waals surface area contributed by atoms with Crippen LogP contribution < -0.4 is 26.3 Å². The lowest BCUT2D eigenvalue weighted by Crippen LogP contribution is -2.14. The normalized spacial score (nSPS) is 10.6. The van der Waals surface area contributed by atoms with Gasteiger partial charge < -0.3 is 31.0 Å². The molecule has 0 bridgehead atoms. The van der Waals surface area contributed by atoms with E-state index in [-0.39, 0.29) is 30.7 Å². The number of aromatic nitrogens is 1. The molecule has 190 valence electrons. The average molecular weight is 521 g/mol. The molecule has 0 fully saturated rings. The zero-order valence-corrected chi connectivity index (χ0v) is 20.9. The monoisotopic (exact) mass is 520 g/mol. The first-order valence-corrected chi connectivity index (χ1v) is 12.1. The number of rotatable bonds is 8. The van der Waals surface area contributed by atoms with Crippen LogP contribution >= 0.6 is 11.3 Å². The predicted molar refractivity (Wildman–Crippen MR) is 140 cm³/mol. The van der Waals surface area contributed by atoms with Crippen LogP contribution in [-0.2, 0) is 11.3 Å². The molecule has 0 aliphatic rings. The molecule has 0 unspecified atom stereocenters. The van der Waals surface area contributed by atoms with E-state index in [0.717, 1.165) is 11.1 Å². The molecule has 37 heavy (non-hydrogen) atoms. The average Bonchev–Trinajstić information content (AvgIpc) is 3.30. The van der Waals surface area contributed by atoms with Crippen LogP contribution in [0.5, 0.6) is 11.5 Å². The number of anilines is 2. The molecule has 0 aliphatic carbocycles. The number of nitrogens with two attached hydrogens (primary N) is 2. The van der Waals surface area contributed by atoms with Crippen LogP contribution in [0.3, 0.4) is 0 Å².